The summed E-state index contributed by atoms with van der Waals surface area (Å²) in [7, 11) is 0. The number of thioether (sulfide) groups is 1. The molecule has 4 aromatic rings. The number of benzene rings is 4. The number of hydrogen-bond donors (Lipinski definition) is 0. The van der Waals surface area contributed by atoms with E-state index in [0.29, 0.717) is 15.8 Å². The molecule has 36 heavy (non-hydrogen) atoms. The Balaban J connectivity index is 1.59. The first-order valence-electron chi connectivity index (χ1n) is 11.8. The van der Waals surface area contributed by atoms with E-state index in [4.69, 9.17) is 12.2 Å². The molecule has 0 atom stereocenters. The normalized spacial score (nSPS) is 16.4. The van der Waals surface area contributed by atoms with Gasteiger partial charge in [0, 0.05) is 17.9 Å². The molecule has 1 amide bonds. The first-order chi connectivity index (χ1) is 17.7. The van der Waals surface area contributed by atoms with Gasteiger partial charge in [0.25, 0.3) is 5.91 Å². The molecule has 0 bridgehead atoms. The monoisotopic (exact) mass is 505 g/mol. The lowest BCUT2D eigenvalue weighted by Crippen LogP contribution is -2.27. The number of allylic oxidation sites excluding steroid dienone is 2. The molecule has 6 heteroatoms. The third-order valence-corrected chi connectivity index (χ3v) is 7.78. The summed E-state index contributed by atoms with van der Waals surface area (Å²) in [6, 6.07) is 33.6. The Bertz CT molecular complexity index is 1460. The number of carbonyl (C=O) groups is 1. The van der Waals surface area contributed by atoms with Crippen LogP contribution in [0.25, 0.3) is 10.8 Å². The Hall–Kier alpha value is -3.87. The molecule has 0 aliphatic carbocycles. The molecule has 1 saturated heterocycles. The first kappa shape index (κ1) is 22.6. The zero-order chi connectivity index (χ0) is 24.6. The summed E-state index contributed by atoms with van der Waals surface area (Å²) >= 11 is 6.79. The van der Waals surface area contributed by atoms with Crippen molar-refractivity contribution in [1.29, 1.82) is 0 Å². The fourth-order valence-corrected chi connectivity index (χ4v) is 6.03. The lowest BCUT2D eigenvalue weighted by molar-refractivity contribution is -0.122. The fraction of sp³-hybridized carbons (Fsp3) is 0.0667. The molecule has 0 unspecified atom stereocenters. The Morgan fingerprint density at radius 3 is 1.72 bits per heavy atom. The van der Waals surface area contributed by atoms with Gasteiger partial charge in [-0.3, -0.25) is 19.5 Å². The van der Waals surface area contributed by atoms with E-state index in [1.54, 1.807) is 4.90 Å². The molecule has 4 nitrogen and oxygen atoms in total. The Morgan fingerprint density at radius 1 is 0.750 bits per heavy atom. The van der Waals surface area contributed by atoms with Crippen molar-refractivity contribution in [2.45, 2.75) is 6.92 Å². The van der Waals surface area contributed by atoms with Crippen LogP contribution in [0.1, 0.15) is 6.92 Å². The van der Waals surface area contributed by atoms with E-state index in [1.807, 2.05) is 55.5 Å². The second-order valence-corrected chi connectivity index (χ2v) is 10.2. The van der Waals surface area contributed by atoms with Crippen LogP contribution in [0, 0.1) is 0 Å². The van der Waals surface area contributed by atoms with Crippen molar-refractivity contribution in [2.75, 3.05) is 16.3 Å². The number of hydrogen-bond acceptors (Lipinski definition) is 5. The maximum absolute atomic E-state index is 12.9. The van der Waals surface area contributed by atoms with E-state index in [-0.39, 0.29) is 5.91 Å². The summed E-state index contributed by atoms with van der Waals surface area (Å²) < 4.78 is 0.605. The minimum atomic E-state index is -0.0388. The number of thiocarbonyl (C=S) groups is 1. The minimum Gasteiger partial charge on any atom is -0.294 e. The highest BCUT2D eigenvalue weighted by Gasteiger charge is 2.35. The van der Waals surface area contributed by atoms with Crippen LogP contribution < -0.4 is 9.80 Å². The number of amides is 1. The van der Waals surface area contributed by atoms with Crippen molar-refractivity contribution >= 4 is 67.7 Å². The average molecular weight is 506 g/mol. The average Bonchev–Trinajstić information content (AvgIpc) is 3.38. The van der Waals surface area contributed by atoms with E-state index in [2.05, 4.69) is 70.5 Å². The third-order valence-electron chi connectivity index (χ3n) is 6.39. The van der Waals surface area contributed by atoms with Crippen molar-refractivity contribution in [3.63, 3.8) is 0 Å². The summed E-state index contributed by atoms with van der Waals surface area (Å²) in [4.78, 5) is 19.7. The van der Waals surface area contributed by atoms with Gasteiger partial charge in [-0.25, -0.2) is 0 Å². The maximum atomic E-state index is 12.9. The van der Waals surface area contributed by atoms with Crippen LogP contribution in [0.4, 0.5) is 22.7 Å². The van der Waals surface area contributed by atoms with Crippen molar-refractivity contribution in [3.8, 4) is 0 Å². The molecule has 2 aliphatic rings. The predicted molar refractivity (Wildman–Crippen MR) is 155 cm³/mol. The van der Waals surface area contributed by atoms with Crippen LogP contribution in [-0.4, -0.2) is 21.7 Å². The van der Waals surface area contributed by atoms with Crippen molar-refractivity contribution < 1.29 is 4.79 Å². The lowest BCUT2D eigenvalue weighted by Gasteiger charge is -2.25. The van der Waals surface area contributed by atoms with Gasteiger partial charge < -0.3 is 0 Å². The number of fused-ring (bicyclic) bond motifs is 2. The van der Waals surface area contributed by atoms with Crippen LogP contribution >= 0.6 is 24.0 Å². The Morgan fingerprint density at radius 2 is 1.25 bits per heavy atom. The van der Waals surface area contributed by atoms with Crippen LogP contribution in [0.15, 0.2) is 120 Å². The molecule has 6 rings (SSSR count). The van der Waals surface area contributed by atoms with E-state index < -0.39 is 0 Å². The quantitative estimate of drug-likeness (QED) is 0.209. The summed E-state index contributed by atoms with van der Waals surface area (Å²) in [5, 5.41) is 2.35. The number of carbonyl (C=O) groups excluding carboxylic acids is 1. The number of likely N-dealkylation sites (N-methyl/N-ethyl adjacent to an activating group) is 1. The van der Waals surface area contributed by atoms with E-state index in [0.717, 1.165) is 28.6 Å². The molecule has 0 aromatic heterocycles. The highest BCUT2D eigenvalue weighted by atomic mass is 32.2. The Kier molecular flexibility index (Phi) is 5.83. The molecular weight excluding hydrogens is 482 g/mol. The van der Waals surface area contributed by atoms with Crippen LogP contribution in [-0.2, 0) is 4.79 Å². The van der Waals surface area contributed by atoms with Gasteiger partial charge in [0.2, 0.25) is 0 Å². The zero-order valence-corrected chi connectivity index (χ0v) is 21.3. The van der Waals surface area contributed by atoms with Gasteiger partial charge in [0.15, 0.2) is 0 Å². The first-order valence-corrected chi connectivity index (χ1v) is 13.1. The van der Waals surface area contributed by atoms with Crippen molar-refractivity contribution in [1.82, 2.24) is 4.90 Å². The molecule has 0 spiro atoms. The number of nitrogens with zero attached hydrogens (tertiary/aromatic N) is 3. The molecule has 0 radical (unpaired) electrons. The number of para-hydroxylation sites is 2. The highest BCUT2D eigenvalue weighted by molar-refractivity contribution is 8.26. The largest absolute Gasteiger partial charge is 0.294 e. The Labute approximate surface area is 220 Å². The van der Waals surface area contributed by atoms with Crippen LogP contribution in [0.2, 0.25) is 0 Å². The van der Waals surface area contributed by atoms with Gasteiger partial charge in [-0.15, -0.1) is 0 Å². The molecule has 2 heterocycles. The molecule has 2 aliphatic heterocycles. The molecule has 0 N–H and O–H groups in total. The van der Waals surface area contributed by atoms with Crippen molar-refractivity contribution in [3.05, 3.63) is 120 Å². The second kappa shape index (κ2) is 9.30. The number of rotatable bonds is 4. The van der Waals surface area contributed by atoms with Crippen LogP contribution in [0.5, 0.6) is 0 Å². The summed E-state index contributed by atoms with van der Waals surface area (Å²) in [6.07, 6.45) is 3.94. The third kappa shape index (κ3) is 3.79. The van der Waals surface area contributed by atoms with Gasteiger partial charge in [-0.2, -0.15) is 0 Å². The van der Waals surface area contributed by atoms with Gasteiger partial charge in [0.05, 0.1) is 16.3 Å². The van der Waals surface area contributed by atoms with Gasteiger partial charge in [-0.1, -0.05) is 84.6 Å². The van der Waals surface area contributed by atoms with E-state index in [9.17, 15) is 4.79 Å². The fourth-order valence-electron chi connectivity index (χ4n) is 4.70. The molecule has 4 aromatic carbocycles. The predicted octanol–water partition coefficient (Wildman–Crippen LogP) is 7.74. The lowest BCUT2D eigenvalue weighted by atomic mass is 10.1. The van der Waals surface area contributed by atoms with E-state index in [1.165, 1.54) is 22.5 Å². The van der Waals surface area contributed by atoms with E-state index >= 15 is 0 Å². The van der Waals surface area contributed by atoms with Gasteiger partial charge in [0.1, 0.15) is 10.1 Å². The summed E-state index contributed by atoms with van der Waals surface area (Å²) in [6.45, 7) is 2.52. The molecule has 1 fully saturated rings. The summed E-state index contributed by atoms with van der Waals surface area (Å²) in [5.74, 6) is 0.905. The zero-order valence-electron chi connectivity index (χ0n) is 19.7. The molecule has 0 saturated carbocycles. The topological polar surface area (TPSA) is 26.8 Å². The SMILES string of the molecule is CCN1C(=O)/C(=C\C=C2N(c3ccccc3)c3cc4ccccc4cc3N2c2ccccc2)SC1=S. The second-order valence-electron chi connectivity index (χ2n) is 8.50. The highest BCUT2D eigenvalue weighted by Crippen LogP contribution is 2.51. The standard InChI is InChI=1S/C30H23N3OS2/c1-2-31-29(34)27(36-30(31)35)17-18-28-32(23-13-5-3-6-14-23)25-19-21-11-9-10-12-22(21)20-26(25)33(28)24-15-7-4-8-16-24/h3-20H,2H2,1H3/b27-17+. The van der Waals surface area contributed by atoms with Gasteiger partial charge >= 0.3 is 0 Å². The minimum absolute atomic E-state index is 0.0388. The van der Waals surface area contributed by atoms with Gasteiger partial charge in [-0.05, 0) is 66.2 Å². The van der Waals surface area contributed by atoms with Crippen molar-refractivity contribution in [2.24, 2.45) is 0 Å². The smallest absolute Gasteiger partial charge is 0.266 e. The molecule has 176 valence electrons. The number of anilines is 4. The maximum Gasteiger partial charge on any atom is 0.266 e. The summed E-state index contributed by atoms with van der Waals surface area (Å²) in [5.41, 5.74) is 4.27. The molecular formula is C30H23N3OS2. The van der Waals surface area contributed by atoms with Crippen LogP contribution in [0.3, 0.4) is 0 Å².